The molecule has 0 atom stereocenters. The zero-order chi connectivity index (χ0) is 10.4. The summed E-state index contributed by atoms with van der Waals surface area (Å²) < 4.78 is 0. The fourth-order valence-electron chi connectivity index (χ4n) is 0.839. The van der Waals surface area contributed by atoms with Crippen molar-refractivity contribution in [3.63, 3.8) is 0 Å². The first-order valence-corrected chi connectivity index (χ1v) is 4.00. The van der Waals surface area contributed by atoms with Crippen molar-refractivity contribution >= 4 is 11.9 Å². The van der Waals surface area contributed by atoms with Crippen LogP contribution in [0.25, 0.3) is 0 Å². The summed E-state index contributed by atoms with van der Waals surface area (Å²) in [6, 6.07) is -0.609. The van der Waals surface area contributed by atoms with E-state index in [0.29, 0.717) is 18.7 Å². The van der Waals surface area contributed by atoms with E-state index in [1.54, 1.807) is 0 Å². The van der Waals surface area contributed by atoms with Gasteiger partial charge in [0.25, 0.3) is 5.91 Å². The van der Waals surface area contributed by atoms with Gasteiger partial charge in [0.05, 0.1) is 11.8 Å². The first-order valence-electron chi connectivity index (χ1n) is 4.00. The minimum Gasteiger partial charge on any atom is -0.352 e. The molecule has 7 heteroatoms. The van der Waals surface area contributed by atoms with Gasteiger partial charge in [0, 0.05) is 19.3 Å². The molecule has 0 aliphatic rings. The number of aromatic amines is 1. The van der Waals surface area contributed by atoms with Crippen LogP contribution in [-0.2, 0) is 0 Å². The summed E-state index contributed by atoms with van der Waals surface area (Å²) in [6.45, 7) is 0.631. The van der Waals surface area contributed by atoms with Gasteiger partial charge in [-0.15, -0.1) is 0 Å². The van der Waals surface area contributed by atoms with E-state index in [4.69, 9.17) is 5.73 Å². The molecule has 7 nitrogen and oxygen atoms in total. The van der Waals surface area contributed by atoms with Crippen LogP contribution in [0.3, 0.4) is 0 Å². The number of carbonyl (C=O) groups is 2. The van der Waals surface area contributed by atoms with E-state index in [1.807, 2.05) is 0 Å². The Bertz CT molecular complexity index is 308. The Morgan fingerprint density at radius 2 is 2.14 bits per heavy atom. The predicted molar refractivity (Wildman–Crippen MR) is 48.5 cm³/mol. The van der Waals surface area contributed by atoms with Crippen molar-refractivity contribution in [3.05, 3.63) is 18.0 Å². The van der Waals surface area contributed by atoms with Crippen molar-refractivity contribution in [1.82, 2.24) is 20.8 Å². The molecule has 1 heterocycles. The van der Waals surface area contributed by atoms with Crippen molar-refractivity contribution in [2.24, 2.45) is 5.73 Å². The molecule has 3 amide bonds. The molecule has 1 rings (SSSR count). The second-order valence-electron chi connectivity index (χ2n) is 2.53. The number of carbonyl (C=O) groups excluding carboxylic acids is 2. The van der Waals surface area contributed by atoms with Crippen LogP contribution in [-0.4, -0.2) is 35.2 Å². The molecular weight excluding hydrogens is 186 g/mol. The topological polar surface area (TPSA) is 113 Å². The summed E-state index contributed by atoms with van der Waals surface area (Å²) in [5.74, 6) is -0.245. The van der Waals surface area contributed by atoms with Crippen molar-refractivity contribution in [3.8, 4) is 0 Å². The van der Waals surface area contributed by atoms with Crippen molar-refractivity contribution in [2.45, 2.75) is 0 Å². The number of hydrogen-bond donors (Lipinski definition) is 4. The van der Waals surface area contributed by atoms with Crippen molar-refractivity contribution in [2.75, 3.05) is 13.1 Å². The van der Waals surface area contributed by atoms with E-state index in [1.165, 1.54) is 12.4 Å². The maximum Gasteiger partial charge on any atom is 0.312 e. The third kappa shape index (κ3) is 3.13. The average molecular weight is 197 g/mol. The maximum atomic E-state index is 11.2. The van der Waals surface area contributed by atoms with Gasteiger partial charge in [0.2, 0.25) is 0 Å². The summed E-state index contributed by atoms with van der Waals surface area (Å²) in [4.78, 5) is 21.5. The van der Waals surface area contributed by atoms with E-state index in [0.717, 1.165) is 0 Å². The number of hydrogen-bond acceptors (Lipinski definition) is 3. The number of H-pyrrole nitrogens is 1. The minimum atomic E-state index is -0.609. The summed E-state index contributed by atoms with van der Waals surface area (Å²) in [5, 5.41) is 11.1. The molecule has 0 radical (unpaired) electrons. The molecule has 0 saturated heterocycles. The van der Waals surface area contributed by atoms with Gasteiger partial charge >= 0.3 is 6.03 Å². The van der Waals surface area contributed by atoms with Crippen molar-refractivity contribution in [1.29, 1.82) is 0 Å². The second-order valence-corrected chi connectivity index (χ2v) is 2.53. The largest absolute Gasteiger partial charge is 0.352 e. The van der Waals surface area contributed by atoms with Gasteiger partial charge < -0.3 is 16.4 Å². The Morgan fingerprint density at radius 3 is 2.71 bits per heavy atom. The molecule has 0 unspecified atom stereocenters. The summed E-state index contributed by atoms with van der Waals surface area (Å²) in [6.07, 6.45) is 2.90. The lowest BCUT2D eigenvalue weighted by molar-refractivity contribution is 0.0954. The van der Waals surface area contributed by atoms with Gasteiger partial charge in [-0.05, 0) is 0 Å². The number of nitrogens with zero attached hydrogens (tertiary/aromatic N) is 1. The molecule has 14 heavy (non-hydrogen) atoms. The monoisotopic (exact) mass is 197 g/mol. The van der Waals surface area contributed by atoms with E-state index < -0.39 is 6.03 Å². The lowest BCUT2D eigenvalue weighted by Gasteiger charge is -2.03. The number of urea groups is 1. The quantitative estimate of drug-likeness (QED) is 0.455. The van der Waals surface area contributed by atoms with Gasteiger partial charge in [-0.2, -0.15) is 5.10 Å². The van der Waals surface area contributed by atoms with E-state index in [2.05, 4.69) is 20.8 Å². The Hall–Kier alpha value is -2.05. The standard InChI is InChI=1S/C7H11N5O2/c8-7(14)10-2-1-9-6(13)5-3-11-12-4-5/h3-4H,1-2H2,(H,9,13)(H,11,12)(H3,8,10,14). The summed E-state index contributed by atoms with van der Waals surface area (Å²) in [7, 11) is 0. The van der Waals surface area contributed by atoms with Gasteiger partial charge in [-0.3, -0.25) is 9.89 Å². The molecule has 0 aromatic carbocycles. The summed E-state index contributed by atoms with van der Waals surface area (Å²) in [5.41, 5.74) is 5.27. The zero-order valence-corrected chi connectivity index (χ0v) is 7.41. The average Bonchev–Trinajstić information content (AvgIpc) is 2.64. The molecule has 0 bridgehead atoms. The molecule has 0 saturated carbocycles. The van der Waals surface area contributed by atoms with Crippen LogP contribution in [0.1, 0.15) is 10.4 Å². The number of amides is 3. The zero-order valence-electron chi connectivity index (χ0n) is 7.41. The lowest BCUT2D eigenvalue weighted by atomic mass is 10.3. The smallest absolute Gasteiger partial charge is 0.312 e. The molecule has 76 valence electrons. The fourth-order valence-corrected chi connectivity index (χ4v) is 0.839. The molecule has 0 spiro atoms. The van der Waals surface area contributed by atoms with Crippen LogP contribution < -0.4 is 16.4 Å². The SMILES string of the molecule is NC(=O)NCCNC(=O)c1cn[nH]c1. The fraction of sp³-hybridized carbons (Fsp3) is 0.286. The summed E-state index contributed by atoms with van der Waals surface area (Å²) >= 11 is 0. The van der Waals surface area contributed by atoms with Crippen LogP contribution in [0.4, 0.5) is 4.79 Å². The van der Waals surface area contributed by atoms with Gasteiger partial charge in [-0.25, -0.2) is 4.79 Å². The van der Waals surface area contributed by atoms with E-state index in [-0.39, 0.29) is 5.91 Å². The number of rotatable bonds is 4. The van der Waals surface area contributed by atoms with Crippen LogP contribution in [0.15, 0.2) is 12.4 Å². The van der Waals surface area contributed by atoms with Crippen LogP contribution >= 0.6 is 0 Å². The highest BCUT2D eigenvalue weighted by molar-refractivity contribution is 5.93. The highest BCUT2D eigenvalue weighted by atomic mass is 16.2. The number of aromatic nitrogens is 2. The number of nitrogens with two attached hydrogens (primary N) is 1. The number of primary amides is 1. The Morgan fingerprint density at radius 1 is 1.43 bits per heavy atom. The van der Waals surface area contributed by atoms with Gasteiger partial charge in [-0.1, -0.05) is 0 Å². The van der Waals surface area contributed by atoms with E-state index >= 15 is 0 Å². The van der Waals surface area contributed by atoms with Gasteiger partial charge in [0.1, 0.15) is 0 Å². The first-order chi connectivity index (χ1) is 6.70. The molecule has 0 aliphatic heterocycles. The first kappa shape index (κ1) is 10.0. The Kier molecular flexibility index (Phi) is 3.48. The second kappa shape index (κ2) is 4.85. The van der Waals surface area contributed by atoms with Crippen LogP contribution in [0, 0.1) is 0 Å². The van der Waals surface area contributed by atoms with Crippen LogP contribution in [0.2, 0.25) is 0 Å². The molecule has 0 aliphatic carbocycles. The minimum absolute atomic E-state index is 0.245. The Labute approximate surface area is 80.1 Å². The molecule has 1 aromatic rings. The third-order valence-corrected chi connectivity index (χ3v) is 1.47. The molecule has 5 N–H and O–H groups in total. The lowest BCUT2D eigenvalue weighted by Crippen LogP contribution is -2.37. The normalized spacial score (nSPS) is 9.43. The third-order valence-electron chi connectivity index (χ3n) is 1.47. The van der Waals surface area contributed by atoms with Gasteiger partial charge in [0.15, 0.2) is 0 Å². The van der Waals surface area contributed by atoms with Crippen molar-refractivity contribution < 1.29 is 9.59 Å². The number of nitrogens with one attached hydrogen (secondary N) is 3. The Balaban J connectivity index is 2.19. The van der Waals surface area contributed by atoms with Crippen LogP contribution in [0.5, 0.6) is 0 Å². The molecule has 1 aromatic heterocycles. The highest BCUT2D eigenvalue weighted by Crippen LogP contribution is 1.91. The maximum absolute atomic E-state index is 11.2. The molecule has 0 fully saturated rings. The highest BCUT2D eigenvalue weighted by Gasteiger charge is 2.04. The predicted octanol–water partition coefficient (Wildman–Crippen LogP) is -1.19. The van der Waals surface area contributed by atoms with E-state index in [9.17, 15) is 9.59 Å². The molecular formula is C7H11N5O2.